The SMILES string of the molecule is CCCNC(=O)[C@@H](C)NC(=O)COC(=O)c1csc(-c2ccc(CC)cc2)n1. The summed E-state index contributed by atoms with van der Waals surface area (Å²) in [6.45, 7) is 5.67. The van der Waals surface area contributed by atoms with Crippen molar-refractivity contribution < 1.29 is 19.1 Å². The minimum absolute atomic E-state index is 0.154. The molecule has 2 rings (SSSR count). The zero-order valence-corrected chi connectivity index (χ0v) is 17.1. The average Bonchev–Trinajstić information content (AvgIpc) is 3.20. The van der Waals surface area contributed by atoms with Crippen molar-refractivity contribution in [2.24, 2.45) is 0 Å². The standard InChI is InChI=1S/C20H25N3O4S/c1-4-10-21-18(25)13(3)22-17(24)11-27-20(26)16-12-28-19(23-16)15-8-6-14(5-2)7-9-15/h6-9,12-13H,4-5,10-11H2,1-3H3,(H,21,25)(H,22,24)/t13-/m1/s1. The minimum Gasteiger partial charge on any atom is -0.451 e. The molecule has 1 atom stereocenters. The van der Waals surface area contributed by atoms with Crippen LogP contribution in [-0.2, 0) is 20.7 Å². The number of hydrogen-bond acceptors (Lipinski definition) is 6. The summed E-state index contributed by atoms with van der Waals surface area (Å²) in [6.07, 6.45) is 1.76. The van der Waals surface area contributed by atoms with E-state index in [1.165, 1.54) is 16.9 Å². The van der Waals surface area contributed by atoms with Crippen molar-refractivity contribution in [3.63, 3.8) is 0 Å². The number of aryl methyl sites for hydroxylation is 1. The molecule has 2 amide bonds. The number of esters is 1. The molecule has 2 N–H and O–H groups in total. The first kappa shape index (κ1) is 21.6. The highest BCUT2D eigenvalue weighted by atomic mass is 32.1. The molecule has 0 saturated carbocycles. The predicted molar refractivity (Wildman–Crippen MR) is 108 cm³/mol. The normalized spacial score (nSPS) is 11.5. The van der Waals surface area contributed by atoms with Gasteiger partial charge in [-0.15, -0.1) is 11.3 Å². The summed E-state index contributed by atoms with van der Waals surface area (Å²) in [7, 11) is 0. The molecule has 0 fully saturated rings. The first-order valence-electron chi connectivity index (χ1n) is 9.23. The van der Waals surface area contributed by atoms with Crippen LogP contribution in [0.4, 0.5) is 0 Å². The Kier molecular flexibility index (Phi) is 8.13. The lowest BCUT2D eigenvalue weighted by molar-refractivity contribution is -0.130. The lowest BCUT2D eigenvalue weighted by Crippen LogP contribution is -2.46. The summed E-state index contributed by atoms with van der Waals surface area (Å²) in [5, 5.41) is 7.48. The summed E-state index contributed by atoms with van der Waals surface area (Å²) >= 11 is 1.34. The molecular formula is C20H25N3O4S. The lowest BCUT2D eigenvalue weighted by Gasteiger charge is -2.13. The van der Waals surface area contributed by atoms with Gasteiger partial charge < -0.3 is 15.4 Å². The summed E-state index contributed by atoms with van der Waals surface area (Å²) in [6, 6.07) is 7.28. The highest BCUT2D eigenvalue weighted by Crippen LogP contribution is 2.24. The van der Waals surface area contributed by atoms with E-state index in [-0.39, 0.29) is 11.6 Å². The smallest absolute Gasteiger partial charge is 0.358 e. The van der Waals surface area contributed by atoms with Gasteiger partial charge in [0.05, 0.1) is 0 Å². The van der Waals surface area contributed by atoms with Crippen LogP contribution in [0.3, 0.4) is 0 Å². The number of hydrogen-bond donors (Lipinski definition) is 2. The number of thiazole rings is 1. The first-order chi connectivity index (χ1) is 13.4. The molecule has 0 aliphatic heterocycles. The number of ether oxygens (including phenoxy) is 1. The van der Waals surface area contributed by atoms with E-state index in [1.807, 2.05) is 31.2 Å². The molecule has 1 aromatic carbocycles. The van der Waals surface area contributed by atoms with Crippen molar-refractivity contribution in [1.29, 1.82) is 0 Å². The molecule has 150 valence electrons. The topological polar surface area (TPSA) is 97.4 Å². The van der Waals surface area contributed by atoms with Crippen LogP contribution >= 0.6 is 11.3 Å². The van der Waals surface area contributed by atoms with E-state index >= 15 is 0 Å². The van der Waals surface area contributed by atoms with Crippen LogP contribution in [0.5, 0.6) is 0 Å². The molecular weight excluding hydrogens is 378 g/mol. The first-order valence-corrected chi connectivity index (χ1v) is 10.1. The van der Waals surface area contributed by atoms with Crippen molar-refractivity contribution in [3.8, 4) is 10.6 Å². The Hall–Kier alpha value is -2.74. The van der Waals surface area contributed by atoms with Crippen molar-refractivity contribution in [2.45, 2.75) is 39.7 Å². The zero-order chi connectivity index (χ0) is 20.5. The van der Waals surface area contributed by atoms with E-state index in [2.05, 4.69) is 22.5 Å². The Bertz CT molecular complexity index is 817. The molecule has 0 bridgehead atoms. The van der Waals surface area contributed by atoms with Gasteiger partial charge in [-0.1, -0.05) is 38.1 Å². The maximum atomic E-state index is 12.1. The molecule has 1 heterocycles. The van der Waals surface area contributed by atoms with E-state index in [0.29, 0.717) is 11.6 Å². The van der Waals surface area contributed by atoms with Crippen LogP contribution in [0.1, 0.15) is 43.2 Å². The van der Waals surface area contributed by atoms with E-state index in [1.54, 1.807) is 12.3 Å². The quantitative estimate of drug-likeness (QED) is 0.627. The van der Waals surface area contributed by atoms with Gasteiger partial charge in [0.2, 0.25) is 5.91 Å². The Morgan fingerprint density at radius 1 is 1.18 bits per heavy atom. The third kappa shape index (κ3) is 6.16. The molecule has 7 nitrogen and oxygen atoms in total. The lowest BCUT2D eigenvalue weighted by atomic mass is 10.1. The van der Waals surface area contributed by atoms with Gasteiger partial charge in [0.1, 0.15) is 11.0 Å². The van der Waals surface area contributed by atoms with Crippen LogP contribution < -0.4 is 10.6 Å². The third-order valence-corrected chi connectivity index (χ3v) is 4.87. The number of carbonyl (C=O) groups excluding carboxylic acids is 3. The third-order valence-electron chi connectivity index (χ3n) is 3.98. The maximum absolute atomic E-state index is 12.1. The van der Waals surface area contributed by atoms with Gasteiger partial charge in [-0.25, -0.2) is 9.78 Å². The fourth-order valence-electron chi connectivity index (χ4n) is 2.34. The molecule has 8 heteroatoms. The highest BCUT2D eigenvalue weighted by Gasteiger charge is 2.18. The van der Waals surface area contributed by atoms with E-state index in [4.69, 9.17) is 4.74 Å². The van der Waals surface area contributed by atoms with Crippen molar-refractivity contribution in [2.75, 3.05) is 13.2 Å². The number of carbonyl (C=O) groups is 3. The van der Waals surface area contributed by atoms with E-state index in [0.717, 1.165) is 18.4 Å². The highest BCUT2D eigenvalue weighted by molar-refractivity contribution is 7.13. The molecule has 0 spiro atoms. The Labute approximate surface area is 168 Å². The summed E-state index contributed by atoms with van der Waals surface area (Å²) in [4.78, 5) is 40.0. The van der Waals surface area contributed by atoms with Crippen LogP contribution in [-0.4, -0.2) is 42.0 Å². The second kappa shape index (κ2) is 10.6. The number of rotatable bonds is 9. The Balaban J connectivity index is 1.85. The number of benzene rings is 1. The Morgan fingerprint density at radius 2 is 1.89 bits per heavy atom. The van der Waals surface area contributed by atoms with Gasteiger partial charge >= 0.3 is 5.97 Å². The van der Waals surface area contributed by atoms with E-state index < -0.39 is 24.5 Å². The van der Waals surface area contributed by atoms with Crippen molar-refractivity contribution in [3.05, 3.63) is 40.9 Å². The second-order valence-electron chi connectivity index (χ2n) is 6.24. The molecule has 0 aliphatic carbocycles. The fourth-order valence-corrected chi connectivity index (χ4v) is 3.13. The number of aromatic nitrogens is 1. The summed E-state index contributed by atoms with van der Waals surface area (Å²) in [5.41, 5.74) is 2.30. The van der Waals surface area contributed by atoms with Crippen LogP contribution in [0.25, 0.3) is 10.6 Å². The maximum Gasteiger partial charge on any atom is 0.358 e. The average molecular weight is 404 g/mol. The fraction of sp³-hybridized carbons (Fsp3) is 0.400. The number of amides is 2. The van der Waals surface area contributed by atoms with Gasteiger partial charge in [-0.3, -0.25) is 9.59 Å². The van der Waals surface area contributed by atoms with Gasteiger partial charge in [0.15, 0.2) is 12.3 Å². The van der Waals surface area contributed by atoms with Gasteiger partial charge in [-0.05, 0) is 25.3 Å². The van der Waals surface area contributed by atoms with Crippen LogP contribution in [0, 0.1) is 0 Å². The van der Waals surface area contributed by atoms with Crippen molar-refractivity contribution in [1.82, 2.24) is 15.6 Å². The molecule has 2 aromatic rings. The monoisotopic (exact) mass is 403 g/mol. The number of nitrogens with one attached hydrogen (secondary N) is 2. The molecule has 0 radical (unpaired) electrons. The molecule has 0 unspecified atom stereocenters. The van der Waals surface area contributed by atoms with Crippen LogP contribution in [0.2, 0.25) is 0 Å². The summed E-state index contributed by atoms with van der Waals surface area (Å²) < 4.78 is 5.00. The molecule has 0 aliphatic rings. The van der Waals surface area contributed by atoms with Crippen LogP contribution in [0.15, 0.2) is 29.6 Å². The summed E-state index contributed by atoms with van der Waals surface area (Å²) in [5.74, 6) is -1.50. The van der Waals surface area contributed by atoms with Gasteiger partial charge in [0, 0.05) is 17.5 Å². The van der Waals surface area contributed by atoms with E-state index in [9.17, 15) is 14.4 Å². The molecule has 0 saturated heterocycles. The Morgan fingerprint density at radius 3 is 2.54 bits per heavy atom. The number of nitrogens with zero attached hydrogens (tertiary/aromatic N) is 1. The second-order valence-corrected chi connectivity index (χ2v) is 7.10. The molecule has 1 aromatic heterocycles. The molecule has 28 heavy (non-hydrogen) atoms. The predicted octanol–water partition coefficient (Wildman–Crippen LogP) is 2.56. The van der Waals surface area contributed by atoms with Gasteiger partial charge in [-0.2, -0.15) is 0 Å². The zero-order valence-electron chi connectivity index (χ0n) is 16.3. The largest absolute Gasteiger partial charge is 0.451 e. The van der Waals surface area contributed by atoms with Gasteiger partial charge in [0.25, 0.3) is 5.91 Å². The van der Waals surface area contributed by atoms with Crippen molar-refractivity contribution >= 4 is 29.1 Å². The minimum atomic E-state index is -0.699.